The van der Waals surface area contributed by atoms with E-state index in [0.29, 0.717) is 17.0 Å². The second-order valence-electron chi connectivity index (χ2n) is 4.62. The minimum Gasteiger partial charge on any atom is -0.324 e. The molecule has 1 aliphatic rings. The van der Waals surface area contributed by atoms with Gasteiger partial charge in [0.1, 0.15) is 0 Å². The molecule has 2 rings (SSSR count). The maximum Gasteiger partial charge on any atom is 0.323 e. The number of nitrogens with zero attached hydrogens (tertiary/aromatic N) is 2. The Kier molecular flexibility index (Phi) is 3.43. The maximum atomic E-state index is 11.9. The molecule has 0 bridgehead atoms. The standard InChI is InChI=1S/C11H17N3OS/c1-8-5-9(2)7-14(6-8)11(15)13-10-12-3-4-16-10/h3-4,8-9H,5-7H2,1-2H3,(H,12,13,15). The van der Waals surface area contributed by atoms with E-state index in [9.17, 15) is 4.79 Å². The molecule has 1 saturated heterocycles. The lowest BCUT2D eigenvalue weighted by Gasteiger charge is -2.34. The highest BCUT2D eigenvalue weighted by molar-refractivity contribution is 7.13. The van der Waals surface area contributed by atoms with E-state index in [1.54, 1.807) is 6.20 Å². The molecule has 1 N–H and O–H groups in total. The summed E-state index contributed by atoms with van der Waals surface area (Å²) >= 11 is 1.45. The van der Waals surface area contributed by atoms with Crippen molar-refractivity contribution in [2.24, 2.45) is 11.8 Å². The lowest BCUT2D eigenvalue weighted by molar-refractivity contribution is 0.156. The predicted octanol–water partition coefficient (Wildman–Crippen LogP) is 2.65. The van der Waals surface area contributed by atoms with Crippen molar-refractivity contribution in [3.05, 3.63) is 11.6 Å². The van der Waals surface area contributed by atoms with E-state index in [1.807, 2.05) is 10.3 Å². The Morgan fingerprint density at radius 2 is 2.19 bits per heavy atom. The number of thiazole rings is 1. The van der Waals surface area contributed by atoms with Gasteiger partial charge < -0.3 is 4.90 Å². The van der Waals surface area contributed by atoms with Crippen LogP contribution in [0.2, 0.25) is 0 Å². The summed E-state index contributed by atoms with van der Waals surface area (Å²) < 4.78 is 0. The number of piperidine rings is 1. The third kappa shape index (κ3) is 2.72. The zero-order valence-electron chi connectivity index (χ0n) is 9.64. The van der Waals surface area contributed by atoms with Crippen LogP contribution in [0.4, 0.5) is 9.93 Å². The van der Waals surface area contributed by atoms with E-state index in [1.165, 1.54) is 17.8 Å². The summed E-state index contributed by atoms with van der Waals surface area (Å²) in [6.07, 6.45) is 2.91. The number of nitrogens with one attached hydrogen (secondary N) is 1. The highest BCUT2D eigenvalue weighted by Crippen LogP contribution is 2.21. The van der Waals surface area contributed by atoms with Crippen LogP contribution in [0.15, 0.2) is 11.6 Å². The van der Waals surface area contributed by atoms with Crippen molar-refractivity contribution in [3.63, 3.8) is 0 Å². The molecule has 88 valence electrons. The fraction of sp³-hybridized carbons (Fsp3) is 0.636. The molecule has 0 radical (unpaired) electrons. The van der Waals surface area contributed by atoms with Crippen LogP contribution in [0.1, 0.15) is 20.3 Å². The van der Waals surface area contributed by atoms with Crippen LogP contribution in [-0.2, 0) is 0 Å². The van der Waals surface area contributed by atoms with Gasteiger partial charge in [-0.1, -0.05) is 13.8 Å². The molecule has 16 heavy (non-hydrogen) atoms. The van der Waals surface area contributed by atoms with E-state index in [2.05, 4.69) is 24.1 Å². The topological polar surface area (TPSA) is 45.2 Å². The van der Waals surface area contributed by atoms with Gasteiger partial charge in [-0.15, -0.1) is 11.3 Å². The number of aromatic nitrogens is 1. The van der Waals surface area contributed by atoms with Crippen molar-refractivity contribution in [2.45, 2.75) is 20.3 Å². The summed E-state index contributed by atoms with van der Waals surface area (Å²) in [5, 5.41) is 5.36. The van der Waals surface area contributed by atoms with E-state index in [-0.39, 0.29) is 6.03 Å². The number of hydrogen-bond acceptors (Lipinski definition) is 3. The van der Waals surface area contributed by atoms with Crippen molar-refractivity contribution in [2.75, 3.05) is 18.4 Å². The maximum absolute atomic E-state index is 11.9. The number of amides is 2. The van der Waals surface area contributed by atoms with Gasteiger partial charge in [-0.05, 0) is 18.3 Å². The van der Waals surface area contributed by atoms with E-state index in [4.69, 9.17) is 0 Å². The molecule has 0 saturated carbocycles. The average molecular weight is 239 g/mol. The van der Waals surface area contributed by atoms with Gasteiger partial charge in [-0.3, -0.25) is 5.32 Å². The van der Waals surface area contributed by atoms with Gasteiger partial charge in [0.25, 0.3) is 0 Å². The second-order valence-corrected chi connectivity index (χ2v) is 5.51. The largest absolute Gasteiger partial charge is 0.324 e. The first-order chi connectivity index (χ1) is 7.65. The molecule has 4 nitrogen and oxygen atoms in total. The molecule has 0 aromatic carbocycles. The summed E-state index contributed by atoms with van der Waals surface area (Å²) in [7, 11) is 0. The minimum absolute atomic E-state index is 0.0200. The molecular formula is C11H17N3OS. The zero-order valence-corrected chi connectivity index (χ0v) is 10.5. The lowest BCUT2D eigenvalue weighted by atomic mass is 9.92. The summed E-state index contributed by atoms with van der Waals surface area (Å²) in [4.78, 5) is 17.9. The van der Waals surface area contributed by atoms with Gasteiger partial charge in [-0.2, -0.15) is 0 Å². The van der Waals surface area contributed by atoms with Crippen molar-refractivity contribution >= 4 is 22.5 Å². The Hall–Kier alpha value is -1.10. The minimum atomic E-state index is -0.0200. The molecule has 0 aliphatic carbocycles. The van der Waals surface area contributed by atoms with Crippen LogP contribution in [0.5, 0.6) is 0 Å². The molecule has 0 spiro atoms. The predicted molar refractivity (Wildman–Crippen MR) is 65.7 cm³/mol. The first kappa shape index (κ1) is 11.4. The molecule has 2 heterocycles. The van der Waals surface area contributed by atoms with Crippen LogP contribution >= 0.6 is 11.3 Å². The van der Waals surface area contributed by atoms with Crippen LogP contribution in [0, 0.1) is 11.8 Å². The monoisotopic (exact) mass is 239 g/mol. The van der Waals surface area contributed by atoms with Gasteiger partial charge in [0.2, 0.25) is 0 Å². The van der Waals surface area contributed by atoms with Gasteiger partial charge >= 0.3 is 6.03 Å². The van der Waals surface area contributed by atoms with Crippen LogP contribution in [-0.4, -0.2) is 29.0 Å². The summed E-state index contributed by atoms with van der Waals surface area (Å²) in [5.74, 6) is 1.18. The first-order valence-electron chi connectivity index (χ1n) is 5.60. The summed E-state index contributed by atoms with van der Waals surface area (Å²) in [6.45, 7) is 6.09. The molecule has 1 aromatic heterocycles. The van der Waals surface area contributed by atoms with E-state index in [0.717, 1.165) is 13.1 Å². The highest BCUT2D eigenvalue weighted by Gasteiger charge is 2.25. The average Bonchev–Trinajstić information content (AvgIpc) is 2.68. The molecule has 1 aliphatic heterocycles. The molecular weight excluding hydrogens is 222 g/mol. The number of urea groups is 1. The normalized spacial score (nSPS) is 25.5. The number of likely N-dealkylation sites (tertiary alicyclic amines) is 1. The van der Waals surface area contributed by atoms with Crippen molar-refractivity contribution in [3.8, 4) is 0 Å². The van der Waals surface area contributed by atoms with Crippen LogP contribution in [0.25, 0.3) is 0 Å². The van der Waals surface area contributed by atoms with E-state index < -0.39 is 0 Å². The van der Waals surface area contributed by atoms with Gasteiger partial charge in [0.15, 0.2) is 5.13 Å². The Balaban J connectivity index is 1.94. The number of hydrogen-bond donors (Lipinski definition) is 1. The Labute approximate surface area is 99.7 Å². The Bertz CT molecular complexity index is 342. The SMILES string of the molecule is CC1CC(C)CN(C(=O)Nc2nccs2)C1. The van der Waals surface area contributed by atoms with Crippen LogP contribution in [0.3, 0.4) is 0 Å². The number of carbonyl (C=O) groups excluding carboxylic acids is 1. The molecule has 1 fully saturated rings. The van der Waals surface area contributed by atoms with Gasteiger partial charge in [-0.25, -0.2) is 9.78 Å². The fourth-order valence-corrected chi connectivity index (χ4v) is 2.80. The van der Waals surface area contributed by atoms with Crippen molar-refractivity contribution in [1.29, 1.82) is 0 Å². The number of anilines is 1. The molecule has 2 amide bonds. The Morgan fingerprint density at radius 3 is 2.75 bits per heavy atom. The quantitative estimate of drug-likeness (QED) is 0.819. The fourth-order valence-electron chi connectivity index (χ4n) is 2.28. The summed E-state index contributed by atoms with van der Waals surface area (Å²) in [5.41, 5.74) is 0. The molecule has 5 heteroatoms. The van der Waals surface area contributed by atoms with Crippen LogP contribution < -0.4 is 5.32 Å². The third-order valence-corrected chi connectivity index (χ3v) is 3.49. The molecule has 2 atom stereocenters. The second kappa shape index (κ2) is 4.82. The van der Waals surface area contributed by atoms with Crippen molar-refractivity contribution in [1.82, 2.24) is 9.88 Å². The smallest absolute Gasteiger partial charge is 0.323 e. The molecule has 2 unspecified atom stereocenters. The zero-order chi connectivity index (χ0) is 11.5. The lowest BCUT2D eigenvalue weighted by Crippen LogP contribution is -2.44. The van der Waals surface area contributed by atoms with Gasteiger partial charge in [0, 0.05) is 24.7 Å². The van der Waals surface area contributed by atoms with E-state index >= 15 is 0 Å². The van der Waals surface area contributed by atoms with Crippen molar-refractivity contribution < 1.29 is 4.79 Å². The van der Waals surface area contributed by atoms with Gasteiger partial charge in [0.05, 0.1) is 0 Å². The molecule has 1 aromatic rings. The third-order valence-electron chi connectivity index (χ3n) is 2.80. The Morgan fingerprint density at radius 1 is 1.50 bits per heavy atom. The first-order valence-corrected chi connectivity index (χ1v) is 6.48. The number of rotatable bonds is 1. The number of carbonyl (C=O) groups is 1. The summed E-state index contributed by atoms with van der Waals surface area (Å²) in [6, 6.07) is -0.0200. The highest BCUT2D eigenvalue weighted by atomic mass is 32.1.